The number of carbonyl (C=O) groups excluding carboxylic acids is 1. The number of benzene rings is 1. The van der Waals surface area contributed by atoms with Crippen molar-refractivity contribution in [3.8, 4) is 0 Å². The van der Waals surface area contributed by atoms with E-state index in [4.69, 9.17) is 0 Å². The highest BCUT2D eigenvalue weighted by Gasteiger charge is 2.08. The van der Waals surface area contributed by atoms with Crippen LogP contribution in [-0.4, -0.2) is 22.4 Å². The monoisotopic (exact) mass is 348 g/mol. The summed E-state index contributed by atoms with van der Waals surface area (Å²) < 4.78 is 0.907. The molecule has 0 radical (unpaired) electrons. The Hall–Kier alpha value is -1.95. The second kappa shape index (κ2) is 7.17. The van der Waals surface area contributed by atoms with Crippen molar-refractivity contribution in [2.75, 3.05) is 17.2 Å². The molecule has 2 aromatic rings. The van der Waals surface area contributed by atoms with E-state index in [9.17, 15) is 4.79 Å². The number of halogens is 1. The molecule has 1 aromatic heterocycles. The maximum Gasteiger partial charge on any atom is 0.258 e. The Bertz CT molecular complexity index is 613. The molecule has 0 aliphatic rings. The van der Waals surface area contributed by atoms with Gasteiger partial charge in [0.25, 0.3) is 5.91 Å². The molecule has 21 heavy (non-hydrogen) atoms. The largest absolute Gasteiger partial charge is 0.354 e. The average molecular weight is 349 g/mol. The van der Waals surface area contributed by atoms with E-state index in [1.165, 1.54) is 12.4 Å². The van der Waals surface area contributed by atoms with Crippen molar-refractivity contribution in [3.63, 3.8) is 0 Å². The van der Waals surface area contributed by atoms with E-state index >= 15 is 0 Å². The van der Waals surface area contributed by atoms with Gasteiger partial charge in [-0.2, -0.15) is 0 Å². The number of rotatable bonds is 5. The normalized spacial score (nSPS) is 10.5. The molecule has 1 amide bonds. The lowest BCUT2D eigenvalue weighted by atomic mass is 10.2. The second-order valence-electron chi connectivity index (χ2n) is 5.03. The zero-order valence-corrected chi connectivity index (χ0v) is 13.5. The van der Waals surface area contributed by atoms with Crippen LogP contribution in [0.25, 0.3) is 0 Å². The van der Waals surface area contributed by atoms with E-state index in [-0.39, 0.29) is 5.91 Å². The minimum Gasteiger partial charge on any atom is -0.354 e. The van der Waals surface area contributed by atoms with Gasteiger partial charge in [0.1, 0.15) is 0 Å². The zero-order valence-electron chi connectivity index (χ0n) is 11.9. The third-order valence-electron chi connectivity index (χ3n) is 2.66. The van der Waals surface area contributed by atoms with Gasteiger partial charge in [0, 0.05) is 29.1 Å². The van der Waals surface area contributed by atoms with Crippen LogP contribution in [0.4, 0.5) is 11.6 Å². The molecule has 2 rings (SSSR count). The lowest BCUT2D eigenvalue weighted by Crippen LogP contribution is -2.14. The van der Waals surface area contributed by atoms with Crippen molar-refractivity contribution in [1.82, 2.24) is 9.97 Å². The number of hydrogen-bond acceptors (Lipinski definition) is 4. The molecule has 5 nitrogen and oxygen atoms in total. The number of aromatic nitrogens is 2. The molecule has 1 aromatic carbocycles. The Balaban J connectivity index is 1.99. The fourth-order valence-corrected chi connectivity index (χ4v) is 2.00. The standard InChI is InChI=1S/C15H17BrN4O/c1-10(2)7-17-15-18-8-11(9-19-15)14(21)20-13-5-3-4-12(16)6-13/h3-6,8-10H,7H2,1-2H3,(H,20,21)(H,17,18,19). The summed E-state index contributed by atoms with van der Waals surface area (Å²) in [6.45, 7) is 5.00. The molecule has 2 N–H and O–H groups in total. The van der Waals surface area contributed by atoms with Crippen LogP contribution in [0.1, 0.15) is 24.2 Å². The van der Waals surface area contributed by atoms with Crippen LogP contribution in [-0.2, 0) is 0 Å². The predicted octanol–water partition coefficient (Wildman–Crippen LogP) is 3.56. The molecule has 6 heteroatoms. The number of amides is 1. The van der Waals surface area contributed by atoms with E-state index in [0.717, 1.165) is 16.7 Å². The Morgan fingerprint density at radius 1 is 1.29 bits per heavy atom. The second-order valence-corrected chi connectivity index (χ2v) is 5.95. The average Bonchev–Trinajstić information content (AvgIpc) is 2.45. The Labute approximate surface area is 132 Å². The Morgan fingerprint density at radius 3 is 2.62 bits per heavy atom. The lowest BCUT2D eigenvalue weighted by Gasteiger charge is -2.08. The minimum atomic E-state index is -0.233. The molecule has 0 aliphatic heterocycles. The van der Waals surface area contributed by atoms with Crippen molar-refractivity contribution in [3.05, 3.63) is 46.7 Å². The van der Waals surface area contributed by atoms with Crippen LogP contribution < -0.4 is 10.6 Å². The van der Waals surface area contributed by atoms with Crippen LogP contribution in [0, 0.1) is 5.92 Å². The molecule has 0 unspecified atom stereocenters. The van der Waals surface area contributed by atoms with Crippen molar-refractivity contribution in [2.24, 2.45) is 5.92 Å². The first-order valence-corrected chi connectivity index (χ1v) is 7.46. The van der Waals surface area contributed by atoms with Crippen LogP contribution in [0.15, 0.2) is 41.1 Å². The highest BCUT2D eigenvalue weighted by atomic mass is 79.9. The van der Waals surface area contributed by atoms with Crippen molar-refractivity contribution in [1.29, 1.82) is 0 Å². The highest BCUT2D eigenvalue weighted by Crippen LogP contribution is 2.16. The summed E-state index contributed by atoms with van der Waals surface area (Å²) in [5.41, 5.74) is 1.14. The molecule has 0 bridgehead atoms. The van der Waals surface area contributed by atoms with E-state index in [1.54, 1.807) is 0 Å². The first kappa shape index (κ1) is 15.4. The van der Waals surface area contributed by atoms with Gasteiger partial charge < -0.3 is 10.6 Å². The third kappa shape index (κ3) is 4.82. The van der Waals surface area contributed by atoms with Gasteiger partial charge in [-0.05, 0) is 24.1 Å². The van der Waals surface area contributed by atoms with Gasteiger partial charge in [-0.15, -0.1) is 0 Å². The predicted molar refractivity (Wildman–Crippen MR) is 87.5 cm³/mol. The van der Waals surface area contributed by atoms with E-state index < -0.39 is 0 Å². The molecule has 0 saturated carbocycles. The molecular weight excluding hydrogens is 332 g/mol. The molecule has 0 aliphatic carbocycles. The van der Waals surface area contributed by atoms with E-state index in [1.807, 2.05) is 24.3 Å². The van der Waals surface area contributed by atoms with Gasteiger partial charge in [-0.25, -0.2) is 9.97 Å². The summed E-state index contributed by atoms with van der Waals surface area (Å²) in [6.07, 6.45) is 3.03. The number of hydrogen-bond donors (Lipinski definition) is 2. The van der Waals surface area contributed by atoms with Gasteiger partial charge >= 0.3 is 0 Å². The quantitative estimate of drug-likeness (QED) is 0.866. The molecule has 0 atom stereocenters. The fourth-order valence-electron chi connectivity index (χ4n) is 1.60. The summed E-state index contributed by atoms with van der Waals surface area (Å²) in [5.74, 6) is 0.805. The van der Waals surface area contributed by atoms with Gasteiger partial charge in [0.05, 0.1) is 5.56 Å². The van der Waals surface area contributed by atoms with Gasteiger partial charge in [0.2, 0.25) is 5.95 Å². The maximum absolute atomic E-state index is 12.1. The first-order chi connectivity index (χ1) is 10.0. The maximum atomic E-state index is 12.1. The van der Waals surface area contributed by atoms with Crippen LogP contribution in [0.5, 0.6) is 0 Å². The van der Waals surface area contributed by atoms with E-state index in [0.29, 0.717) is 17.4 Å². The summed E-state index contributed by atoms with van der Waals surface area (Å²) in [6, 6.07) is 7.41. The number of nitrogens with zero attached hydrogens (tertiary/aromatic N) is 2. The highest BCUT2D eigenvalue weighted by molar-refractivity contribution is 9.10. The van der Waals surface area contributed by atoms with Crippen LogP contribution in [0.3, 0.4) is 0 Å². The minimum absolute atomic E-state index is 0.233. The SMILES string of the molecule is CC(C)CNc1ncc(C(=O)Nc2cccc(Br)c2)cn1. The van der Waals surface area contributed by atoms with Crippen LogP contribution >= 0.6 is 15.9 Å². The molecule has 1 heterocycles. The Morgan fingerprint density at radius 2 is 2.00 bits per heavy atom. The van der Waals surface area contributed by atoms with Crippen molar-refractivity contribution in [2.45, 2.75) is 13.8 Å². The fraction of sp³-hybridized carbons (Fsp3) is 0.267. The van der Waals surface area contributed by atoms with Gasteiger partial charge in [-0.1, -0.05) is 35.8 Å². The van der Waals surface area contributed by atoms with Crippen molar-refractivity contribution >= 4 is 33.5 Å². The topological polar surface area (TPSA) is 66.9 Å². The lowest BCUT2D eigenvalue weighted by molar-refractivity contribution is 0.102. The summed E-state index contributed by atoms with van der Waals surface area (Å²) >= 11 is 3.36. The molecule has 0 fully saturated rings. The third-order valence-corrected chi connectivity index (χ3v) is 3.16. The summed E-state index contributed by atoms with van der Waals surface area (Å²) in [7, 11) is 0. The first-order valence-electron chi connectivity index (χ1n) is 6.67. The smallest absolute Gasteiger partial charge is 0.258 e. The molecular formula is C15H17BrN4O. The molecule has 110 valence electrons. The molecule has 0 saturated heterocycles. The summed E-state index contributed by atoms with van der Waals surface area (Å²) in [5, 5.41) is 5.91. The molecule has 0 spiro atoms. The van der Waals surface area contributed by atoms with Gasteiger partial charge in [-0.3, -0.25) is 4.79 Å². The van der Waals surface area contributed by atoms with Gasteiger partial charge in [0.15, 0.2) is 0 Å². The number of nitrogens with one attached hydrogen (secondary N) is 2. The van der Waals surface area contributed by atoms with Crippen LogP contribution in [0.2, 0.25) is 0 Å². The zero-order chi connectivity index (χ0) is 15.2. The number of carbonyl (C=O) groups is 1. The van der Waals surface area contributed by atoms with E-state index in [2.05, 4.69) is 50.4 Å². The Kier molecular flexibility index (Phi) is 5.27. The summed E-state index contributed by atoms with van der Waals surface area (Å²) in [4.78, 5) is 20.4. The number of anilines is 2. The van der Waals surface area contributed by atoms with Crippen molar-refractivity contribution < 1.29 is 4.79 Å².